The molecule has 1 aliphatic carbocycles. The van der Waals surface area contributed by atoms with E-state index in [1.165, 1.54) is 0 Å². The van der Waals surface area contributed by atoms with Crippen LogP contribution in [0, 0.1) is 6.92 Å². The standard InChI is InChI=1S/C19H18O6/c1-3-10-23-18(21)24-19(25-22)15-7-5-4-6-13(15)17(20)14-11-12(2)8-9-16(14)19/h4-9,11,22H,3,10H2,1-2H3. The summed E-state index contributed by atoms with van der Waals surface area (Å²) in [7, 11) is 0. The molecule has 1 atom stereocenters. The molecule has 1 unspecified atom stereocenters. The molecule has 0 bridgehead atoms. The second kappa shape index (κ2) is 6.66. The average molecular weight is 342 g/mol. The van der Waals surface area contributed by atoms with E-state index in [0.717, 1.165) is 5.56 Å². The maximum absolute atomic E-state index is 12.8. The molecule has 2 aromatic carbocycles. The number of ether oxygens (including phenoxy) is 2. The Hall–Kier alpha value is -2.70. The van der Waals surface area contributed by atoms with E-state index < -0.39 is 11.9 Å². The van der Waals surface area contributed by atoms with Crippen LogP contribution in [0.3, 0.4) is 0 Å². The van der Waals surface area contributed by atoms with Crippen molar-refractivity contribution in [3.63, 3.8) is 0 Å². The maximum Gasteiger partial charge on any atom is 0.511 e. The van der Waals surface area contributed by atoms with Gasteiger partial charge >= 0.3 is 11.9 Å². The van der Waals surface area contributed by atoms with Gasteiger partial charge in [-0.05, 0) is 19.4 Å². The third kappa shape index (κ3) is 2.79. The Bertz CT molecular complexity index is 828. The molecule has 1 N–H and O–H groups in total. The minimum absolute atomic E-state index is 0.168. The van der Waals surface area contributed by atoms with Gasteiger partial charge in [0.1, 0.15) is 0 Å². The van der Waals surface area contributed by atoms with Crippen molar-refractivity contribution in [2.75, 3.05) is 6.61 Å². The molecule has 0 aromatic heterocycles. The summed E-state index contributed by atoms with van der Waals surface area (Å²) >= 11 is 0. The van der Waals surface area contributed by atoms with E-state index in [1.54, 1.807) is 42.5 Å². The lowest BCUT2D eigenvalue weighted by Gasteiger charge is -2.35. The number of hydrogen-bond donors (Lipinski definition) is 1. The lowest BCUT2D eigenvalue weighted by Crippen LogP contribution is -2.42. The van der Waals surface area contributed by atoms with Gasteiger partial charge < -0.3 is 9.47 Å². The van der Waals surface area contributed by atoms with E-state index in [0.29, 0.717) is 12.0 Å². The molecule has 2 aromatic rings. The highest BCUT2D eigenvalue weighted by molar-refractivity contribution is 6.13. The number of hydrogen-bond acceptors (Lipinski definition) is 6. The number of aryl methyl sites for hydroxylation is 1. The summed E-state index contributed by atoms with van der Waals surface area (Å²) in [6.45, 7) is 3.85. The lowest BCUT2D eigenvalue weighted by molar-refractivity contribution is -0.383. The van der Waals surface area contributed by atoms with E-state index in [4.69, 9.17) is 14.4 Å². The van der Waals surface area contributed by atoms with Crippen LogP contribution in [0.2, 0.25) is 0 Å². The van der Waals surface area contributed by atoms with Crippen molar-refractivity contribution in [2.45, 2.75) is 26.1 Å². The summed E-state index contributed by atoms with van der Waals surface area (Å²) in [6.07, 6.45) is -0.376. The highest BCUT2D eigenvalue weighted by Gasteiger charge is 2.49. The Kier molecular flexibility index (Phi) is 4.57. The zero-order valence-corrected chi connectivity index (χ0v) is 13.9. The number of ketones is 1. The van der Waals surface area contributed by atoms with Crippen LogP contribution in [-0.4, -0.2) is 23.8 Å². The maximum atomic E-state index is 12.8. The quantitative estimate of drug-likeness (QED) is 0.394. The minimum Gasteiger partial charge on any atom is -0.434 e. The molecule has 0 aliphatic heterocycles. The van der Waals surface area contributed by atoms with Gasteiger partial charge in [-0.1, -0.05) is 48.9 Å². The largest absolute Gasteiger partial charge is 0.511 e. The predicted octanol–water partition coefficient (Wildman–Crippen LogP) is 3.79. The molecule has 0 radical (unpaired) electrons. The third-order valence-corrected chi connectivity index (χ3v) is 4.08. The number of carbonyl (C=O) groups excluding carboxylic acids is 2. The number of carbonyl (C=O) groups is 2. The first-order valence-corrected chi connectivity index (χ1v) is 7.97. The molecule has 6 heteroatoms. The fourth-order valence-corrected chi connectivity index (χ4v) is 2.95. The molecule has 0 amide bonds. The van der Waals surface area contributed by atoms with Crippen molar-refractivity contribution < 1.29 is 29.2 Å². The number of benzene rings is 2. The van der Waals surface area contributed by atoms with Crippen molar-refractivity contribution in [3.8, 4) is 0 Å². The van der Waals surface area contributed by atoms with Gasteiger partial charge in [-0.3, -0.25) is 4.79 Å². The smallest absolute Gasteiger partial charge is 0.434 e. The van der Waals surface area contributed by atoms with Gasteiger partial charge in [0, 0.05) is 22.3 Å². The molecule has 1 aliphatic rings. The summed E-state index contributed by atoms with van der Waals surface area (Å²) < 4.78 is 10.3. The summed E-state index contributed by atoms with van der Waals surface area (Å²) in [4.78, 5) is 29.6. The molecule has 25 heavy (non-hydrogen) atoms. The molecule has 0 spiro atoms. The highest BCUT2D eigenvalue weighted by Crippen LogP contribution is 2.43. The third-order valence-electron chi connectivity index (χ3n) is 4.08. The normalized spacial score (nSPS) is 18.3. The fourth-order valence-electron chi connectivity index (χ4n) is 2.95. The van der Waals surface area contributed by atoms with Crippen LogP contribution >= 0.6 is 0 Å². The van der Waals surface area contributed by atoms with Gasteiger partial charge in [0.15, 0.2) is 5.78 Å². The van der Waals surface area contributed by atoms with Crippen molar-refractivity contribution >= 4 is 11.9 Å². The first-order valence-electron chi connectivity index (χ1n) is 7.97. The highest BCUT2D eigenvalue weighted by atomic mass is 17.2. The van der Waals surface area contributed by atoms with Crippen LogP contribution in [0.15, 0.2) is 42.5 Å². The van der Waals surface area contributed by atoms with Crippen LogP contribution in [0.1, 0.15) is 46.0 Å². The van der Waals surface area contributed by atoms with Crippen molar-refractivity contribution in [2.24, 2.45) is 0 Å². The van der Waals surface area contributed by atoms with E-state index in [-0.39, 0.29) is 29.1 Å². The zero-order valence-electron chi connectivity index (χ0n) is 13.9. The van der Waals surface area contributed by atoms with Gasteiger partial charge in [-0.2, -0.15) is 4.89 Å². The van der Waals surface area contributed by atoms with Crippen LogP contribution in [0.4, 0.5) is 4.79 Å². The Balaban J connectivity index is 2.19. The molecule has 130 valence electrons. The van der Waals surface area contributed by atoms with E-state index in [2.05, 4.69) is 0 Å². The molecular formula is C19H18O6. The van der Waals surface area contributed by atoms with E-state index in [9.17, 15) is 14.8 Å². The minimum atomic E-state index is -1.96. The average Bonchev–Trinajstić information content (AvgIpc) is 2.63. The Morgan fingerprint density at radius 1 is 1.12 bits per heavy atom. The molecule has 0 fully saturated rings. The first-order chi connectivity index (χ1) is 12.0. The number of rotatable bonds is 4. The zero-order chi connectivity index (χ0) is 18.0. The Morgan fingerprint density at radius 2 is 1.84 bits per heavy atom. The summed E-state index contributed by atoms with van der Waals surface area (Å²) in [5.74, 6) is -2.19. The fraction of sp³-hybridized carbons (Fsp3) is 0.263. The van der Waals surface area contributed by atoms with Gasteiger partial charge in [-0.25, -0.2) is 10.1 Å². The Labute approximate surface area is 144 Å². The monoisotopic (exact) mass is 342 g/mol. The van der Waals surface area contributed by atoms with Crippen LogP contribution in [0.25, 0.3) is 0 Å². The van der Waals surface area contributed by atoms with E-state index >= 15 is 0 Å². The van der Waals surface area contributed by atoms with E-state index in [1.807, 2.05) is 13.8 Å². The summed E-state index contributed by atoms with van der Waals surface area (Å²) in [6, 6.07) is 11.5. The van der Waals surface area contributed by atoms with Crippen molar-refractivity contribution in [3.05, 3.63) is 70.3 Å². The molecule has 0 heterocycles. The molecule has 0 saturated heterocycles. The summed E-state index contributed by atoms with van der Waals surface area (Å²) in [5, 5.41) is 9.72. The molecule has 0 saturated carbocycles. The SMILES string of the molecule is CCCOC(=O)OC1(OO)c2ccccc2C(=O)c2cc(C)ccc21. The van der Waals surface area contributed by atoms with Crippen LogP contribution in [0.5, 0.6) is 0 Å². The second-order valence-corrected chi connectivity index (χ2v) is 5.83. The lowest BCUT2D eigenvalue weighted by atomic mass is 9.80. The van der Waals surface area contributed by atoms with Crippen molar-refractivity contribution in [1.82, 2.24) is 0 Å². The van der Waals surface area contributed by atoms with Gasteiger partial charge in [-0.15, -0.1) is 0 Å². The molecule has 3 rings (SSSR count). The molecule has 6 nitrogen and oxygen atoms in total. The van der Waals surface area contributed by atoms with Crippen molar-refractivity contribution in [1.29, 1.82) is 0 Å². The summed E-state index contributed by atoms with van der Waals surface area (Å²) in [5.41, 5.74) is 1.94. The second-order valence-electron chi connectivity index (χ2n) is 5.83. The van der Waals surface area contributed by atoms with Crippen LogP contribution < -0.4 is 0 Å². The van der Waals surface area contributed by atoms with Gasteiger partial charge in [0.05, 0.1) is 6.61 Å². The van der Waals surface area contributed by atoms with Crippen LogP contribution in [-0.2, 0) is 20.1 Å². The van der Waals surface area contributed by atoms with Gasteiger partial charge in [0.25, 0.3) is 0 Å². The topological polar surface area (TPSA) is 82.1 Å². The molecular weight excluding hydrogens is 324 g/mol. The number of fused-ring (bicyclic) bond motifs is 2. The Morgan fingerprint density at radius 3 is 2.56 bits per heavy atom. The first kappa shape index (κ1) is 17.1. The predicted molar refractivity (Wildman–Crippen MR) is 88.3 cm³/mol. The van der Waals surface area contributed by atoms with Gasteiger partial charge in [0.2, 0.25) is 0 Å².